The fourth-order valence-electron chi connectivity index (χ4n) is 1.26. The molecule has 1 aromatic rings. The Labute approximate surface area is 96.0 Å². The second-order valence-corrected chi connectivity index (χ2v) is 3.82. The number of carbonyl (C=O) groups is 1. The number of aliphatic carboxylic acids is 1. The van der Waals surface area contributed by atoms with Crippen molar-refractivity contribution in [2.75, 3.05) is 0 Å². The average molecular weight is 250 g/mol. The van der Waals surface area contributed by atoms with Crippen LogP contribution in [0.1, 0.15) is 19.4 Å². The lowest BCUT2D eigenvalue weighted by molar-refractivity contribution is -0.141. The van der Waals surface area contributed by atoms with Crippen molar-refractivity contribution in [3.05, 3.63) is 32.7 Å². The second-order valence-electron chi connectivity index (χ2n) is 2.98. The molecule has 1 atom stereocenters. The van der Waals surface area contributed by atoms with Gasteiger partial charge in [0.25, 0.3) is 5.56 Å². The first-order chi connectivity index (χ1) is 6.97. The third-order valence-electron chi connectivity index (χ3n) is 1.97. The van der Waals surface area contributed by atoms with Crippen LogP contribution in [0.5, 0.6) is 0 Å². The molecule has 0 aliphatic rings. The van der Waals surface area contributed by atoms with Crippen molar-refractivity contribution < 1.29 is 9.90 Å². The molecule has 0 aliphatic carbocycles. The topological polar surface area (TPSA) is 59.3 Å². The molecule has 4 nitrogen and oxygen atoms in total. The van der Waals surface area contributed by atoms with Gasteiger partial charge in [-0.25, -0.2) is 4.79 Å². The molecule has 0 unspecified atom stereocenters. The maximum absolute atomic E-state index is 11.5. The number of rotatable bonds is 3. The van der Waals surface area contributed by atoms with E-state index < -0.39 is 17.6 Å². The Morgan fingerprint density at radius 2 is 2.20 bits per heavy atom. The predicted octanol–water partition coefficient (Wildman–Crippen LogP) is 2.19. The highest BCUT2D eigenvalue weighted by Gasteiger charge is 2.19. The van der Waals surface area contributed by atoms with E-state index in [4.69, 9.17) is 28.3 Å². The number of nitrogens with zero attached hydrogens (tertiary/aromatic N) is 1. The molecule has 1 N–H and O–H groups in total. The second kappa shape index (κ2) is 4.68. The highest BCUT2D eigenvalue weighted by atomic mass is 35.5. The number of carboxylic acid groups (broad SMARTS) is 1. The van der Waals surface area contributed by atoms with Crippen LogP contribution in [0, 0.1) is 0 Å². The van der Waals surface area contributed by atoms with E-state index in [-0.39, 0.29) is 16.5 Å². The van der Waals surface area contributed by atoms with E-state index in [0.717, 1.165) is 4.57 Å². The lowest BCUT2D eigenvalue weighted by Gasteiger charge is -2.13. The normalized spacial score (nSPS) is 12.5. The van der Waals surface area contributed by atoms with Crippen LogP contribution in [0.25, 0.3) is 0 Å². The van der Waals surface area contributed by atoms with Crippen LogP contribution in [-0.4, -0.2) is 15.6 Å². The molecule has 0 radical (unpaired) electrons. The standard InChI is InChI=1S/C9H9Cl2NO3/c1-2-7(9(14)15)12-4-5(10)3-6(11)8(12)13/h3-4,7H,2H2,1H3,(H,14,15)/t7-/m1/s1. The molecule has 0 aliphatic heterocycles. The maximum atomic E-state index is 11.5. The van der Waals surface area contributed by atoms with E-state index >= 15 is 0 Å². The first-order valence-corrected chi connectivity index (χ1v) is 5.03. The van der Waals surface area contributed by atoms with Gasteiger partial charge >= 0.3 is 5.97 Å². The molecular formula is C9H9Cl2NO3. The van der Waals surface area contributed by atoms with Gasteiger partial charge in [0.05, 0.1) is 5.02 Å². The number of aromatic nitrogens is 1. The first kappa shape index (κ1) is 12.1. The molecule has 0 aromatic carbocycles. The van der Waals surface area contributed by atoms with E-state index in [1.165, 1.54) is 12.3 Å². The van der Waals surface area contributed by atoms with Gasteiger partial charge in [-0.1, -0.05) is 30.1 Å². The number of hydrogen-bond donors (Lipinski definition) is 1. The molecule has 0 spiro atoms. The van der Waals surface area contributed by atoms with Gasteiger partial charge in [0.2, 0.25) is 0 Å². The zero-order valence-corrected chi connectivity index (χ0v) is 9.42. The van der Waals surface area contributed by atoms with Crippen molar-refractivity contribution in [1.82, 2.24) is 4.57 Å². The molecular weight excluding hydrogens is 241 g/mol. The molecule has 1 rings (SSSR count). The summed E-state index contributed by atoms with van der Waals surface area (Å²) in [5, 5.41) is 9.04. The van der Waals surface area contributed by atoms with E-state index in [0.29, 0.717) is 0 Å². The minimum Gasteiger partial charge on any atom is -0.480 e. The monoisotopic (exact) mass is 249 g/mol. The average Bonchev–Trinajstić information content (AvgIpc) is 2.13. The Balaban J connectivity index is 3.35. The molecule has 1 heterocycles. The Hall–Kier alpha value is -1.00. The zero-order valence-electron chi connectivity index (χ0n) is 7.91. The van der Waals surface area contributed by atoms with Gasteiger partial charge in [0, 0.05) is 6.20 Å². The van der Waals surface area contributed by atoms with Crippen LogP contribution in [-0.2, 0) is 4.79 Å². The fraction of sp³-hybridized carbons (Fsp3) is 0.333. The van der Waals surface area contributed by atoms with Crippen LogP contribution in [0.4, 0.5) is 0 Å². The van der Waals surface area contributed by atoms with Gasteiger partial charge < -0.3 is 5.11 Å². The van der Waals surface area contributed by atoms with Crippen molar-refractivity contribution in [1.29, 1.82) is 0 Å². The molecule has 0 bridgehead atoms. The molecule has 0 saturated heterocycles. The number of hydrogen-bond acceptors (Lipinski definition) is 2. The summed E-state index contributed by atoms with van der Waals surface area (Å²) in [5.41, 5.74) is -0.546. The predicted molar refractivity (Wildman–Crippen MR) is 57.7 cm³/mol. The van der Waals surface area contributed by atoms with Crippen LogP contribution < -0.4 is 5.56 Å². The quantitative estimate of drug-likeness (QED) is 0.894. The van der Waals surface area contributed by atoms with Crippen LogP contribution in [0.15, 0.2) is 17.1 Å². The number of carboxylic acids is 1. The zero-order chi connectivity index (χ0) is 11.6. The van der Waals surface area contributed by atoms with Crippen molar-refractivity contribution >= 4 is 29.2 Å². The summed E-state index contributed by atoms with van der Waals surface area (Å²) >= 11 is 11.3. The summed E-state index contributed by atoms with van der Waals surface area (Å²) in [7, 11) is 0. The largest absolute Gasteiger partial charge is 0.480 e. The van der Waals surface area contributed by atoms with Crippen molar-refractivity contribution in [3.63, 3.8) is 0 Å². The van der Waals surface area contributed by atoms with E-state index in [1.54, 1.807) is 6.92 Å². The molecule has 6 heteroatoms. The number of pyridine rings is 1. The summed E-state index contributed by atoms with van der Waals surface area (Å²) in [6.45, 7) is 1.67. The summed E-state index contributed by atoms with van der Waals surface area (Å²) in [5.74, 6) is -1.09. The molecule has 0 fully saturated rings. The summed E-state index contributed by atoms with van der Waals surface area (Å²) in [6, 6.07) is 0.352. The highest BCUT2D eigenvalue weighted by molar-refractivity contribution is 6.34. The lowest BCUT2D eigenvalue weighted by Crippen LogP contribution is -2.29. The highest BCUT2D eigenvalue weighted by Crippen LogP contribution is 2.16. The fourth-order valence-corrected chi connectivity index (χ4v) is 1.74. The van der Waals surface area contributed by atoms with Crippen LogP contribution >= 0.6 is 23.2 Å². The Morgan fingerprint density at radius 1 is 1.60 bits per heavy atom. The first-order valence-electron chi connectivity index (χ1n) is 4.27. The van der Waals surface area contributed by atoms with Gasteiger partial charge in [-0.3, -0.25) is 9.36 Å². The minimum absolute atomic E-state index is 0.0813. The molecule has 0 saturated carbocycles. The summed E-state index contributed by atoms with van der Waals surface area (Å²) < 4.78 is 1.03. The molecule has 15 heavy (non-hydrogen) atoms. The van der Waals surface area contributed by atoms with Crippen molar-refractivity contribution in [2.45, 2.75) is 19.4 Å². The molecule has 1 aromatic heterocycles. The van der Waals surface area contributed by atoms with Crippen LogP contribution in [0.2, 0.25) is 10.0 Å². The van der Waals surface area contributed by atoms with Gasteiger partial charge in [0.15, 0.2) is 0 Å². The smallest absolute Gasteiger partial charge is 0.326 e. The third kappa shape index (κ3) is 2.52. The Kier molecular flexibility index (Phi) is 3.77. The van der Waals surface area contributed by atoms with E-state index in [1.807, 2.05) is 0 Å². The van der Waals surface area contributed by atoms with Crippen LogP contribution in [0.3, 0.4) is 0 Å². The van der Waals surface area contributed by atoms with Crippen molar-refractivity contribution in [3.8, 4) is 0 Å². The molecule has 0 amide bonds. The van der Waals surface area contributed by atoms with Gasteiger partial charge in [0.1, 0.15) is 11.1 Å². The van der Waals surface area contributed by atoms with Gasteiger partial charge in [-0.05, 0) is 12.5 Å². The Bertz CT molecular complexity index is 441. The third-order valence-corrected chi connectivity index (χ3v) is 2.45. The van der Waals surface area contributed by atoms with E-state index in [9.17, 15) is 9.59 Å². The molecule has 82 valence electrons. The maximum Gasteiger partial charge on any atom is 0.326 e. The Morgan fingerprint density at radius 3 is 2.67 bits per heavy atom. The minimum atomic E-state index is -1.09. The van der Waals surface area contributed by atoms with Gasteiger partial charge in [-0.15, -0.1) is 0 Å². The van der Waals surface area contributed by atoms with Gasteiger partial charge in [-0.2, -0.15) is 0 Å². The van der Waals surface area contributed by atoms with E-state index in [2.05, 4.69) is 0 Å². The SMILES string of the molecule is CC[C@H](C(=O)O)n1cc(Cl)cc(Cl)c1=O. The summed E-state index contributed by atoms with van der Waals surface area (Å²) in [4.78, 5) is 22.4. The van der Waals surface area contributed by atoms with Crippen molar-refractivity contribution in [2.24, 2.45) is 0 Å². The lowest BCUT2D eigenvalue weighted by atomic mass is 10.2. The number of halogens is 2. The summed E-state index contributed by atoms with van der Waals surface area (Å²) in [6.07, 6.45) is 1.56.